The molecule has 7 nitrogen and oxygen atoms in total. The molecular formula is C12H17NO6S2. The second-order valence-electron chi connectivity index (χ2n) is 4.58. The Kier molecular flexibility index (Phi) is 5.33. The summed E-state index contributed by atoms with van der Waals surface area (Å²) in [5, 5.41) is 10.3. The zero-order chi connectivity index (χ0) is 15.5. The van der Waals surface area contributed by atoms with Crippen molar-refractivity contribution in [3.63, 3.8) is 0 Å². The molecule has 9 heteroatoms. The van der Waals surface area contributed by atoms with E-state index in [1.54, 1.807) is 0 Å². The minimum absolute atomic E-state index is 0.00272. The SMILES string of the molecule is COCCN(C1CCOC1)S(=O)(=O)c1csc(C(=O)O)c1. The van der Waals surface area contributed by atoms with Crippen LogP contribution < -0.4 is 0 Å². The van der Waals surface area contributed by atoms with E-state index in [1.807, 2.05) is 0 Å². The molecule has 1 aliphatic heterocycles. The quantitative estimate of drug-likeness (QED) is 0.795. The van der Waals surface area contributed by atoms with Crippen LogP contribution in [0.25, 0.3) is 0 Å². The maximum Gasteiger partial charge on any atom is 0.345 e. The van der Waals surface area contributed by atoms with Crippen LogP contribution in [-0.2, 0) is 19.5 Å². The molecule has 1 atom stereocenters. The lowest BCUT2D eigenvalue weighted by Crippen LogP contribution is -2.42. The first-order valence-corrected chi connectivity index (χ1v) is 8.69. The molecule has 0 amide bonds. The molecule has 118 valence electrons. The molecule has 0 aromatic carbocycles. The van der Waals surface area contributed by atoms with E-state index in [-0.39, 0.29) is 29.0 Å². The zero-order valence-corrected chi connectivity index (χ0v) is 13.2. The number of thiophene rings is 1. The summed E-state index contributed by atoms with van der Waals surface area (Å²) in [6.07, 6.45) is 0.624. The van der Waals surface area contributed by atoms with Crippen LogP contribution in [-0.4, -0.2) is 63.3 Å². The van der Waals surface area contributed by atoms with Crippen LogP contribution in [0, 0.1) is 0 Å². The summed E-state index contributed by atoms with van der Waals surface area (Å²) in [5.41, 5.74) is 0. The third-order valence-electron chi connectivity index (χ3n) is 3.22. The maximum absolute atomic E-state index is 12.7. The first-order chi connectivity index (χ1) is 9.96. The molecule has 1 saturated heterocycles. The number of nitrogens with zero attached hydrogens (tertiary/aromatic N) is 1. The number of carboxylic acids is 1. The summed E-state index contributed by atoms with van der Waals surface area (Å²) in [6.45, 7) is 1.35. The second-order valence-corrected chi connectivity index (χ2v) is 7.38. The largest absolute Gasteiger partial charge is 0.477 e. The van der Waals surface area contributed by atoms with Crippen LogP contribution in [0.1, 0.15) is 16.1 Å². The molecule has 1 N–H and O–H groups in total. The van der Waals surface area contributed by atoms with Gasteiger partial charge >= 0.3 is 5.97 Å². The Morgan fingerprint density at radius 1 is 1.62 bits per heavy atom. The van der Waals surface area contributed by atoms with Crippen LogP contribution in [0.15, 0.2) is 16.3 Å². The minimum Gasteiger partial charge on any atom is -0.477 e. The van der Waals surface area contributed by atoms with Gasteiger partial charge in [0.1, 0.15) is 4.88 Å². The first-order valence-electron chi connectivity index (χ1n) is 6.37. The van der Waals surface area contributed by atoms with Gasteiger partial charge in [-0.3, -0.25) is 0 Å². The zero-order valence-electron chi connectivity index (χ0n) is 11.5. The molecule has 0 saturated carbocycles. The summed E-state index contributed by atoms with van der Waals surface area (Å²) in [7, 11) is -2.25. The Hall–Kier alpha value is -1.00. The molecule has 0 aliphatic carbocycles. The standard InChI is InChI=1S/C12H17NO6S2/c1-18-5-3-13(9-2-4-19-7-9)21(16,17)10-6-11(12(14)15)20-8-10/h6,8-9H,2-5,7H2,1H3,(H,14,15). The molecule has 2 heterocycles. The number of hydrogen-bond donors (Lipinski definition) is 1. The predicted octanol–water partition coefficient (Wildman–Crippen LogP) is 0.872. The van der Waals surface area contributed by atoms with Crippen molar-refractivity contribution in [3.05, 3.63) is 16.3 Å². The minimum atomic E-state index is -3.75. The topological polar surface area (TPSA) is 93.1 Å². The fraction of sp³-hybridized carbons (Fsp3) is 0.583. The van der Waals surface area contributed by atoms with Crippen LogP contribution in [0.4, 0.5) is 0 Å². The highest BCUT2D eigenvalue weighted by atomic mass is 32.2. The highest BCUT2D eigenvalue weighted by Gasteiger charge is 2.34. The molecular weight excluding hydrogens is 318 g/mol. The third-order valence-corrected chi connectivity index (χ3v) is 6.22. The number of sulfonamides is 1. The van der Waals surface area contributed by atoms with Gasteiger partial charge in [-0.1, -0.05) is 0 Å². The van der Waals surface area contributed by atoms with Crippen molar-refractivity contribution in [1.29, 1.82) is 0 Å². The summed E-state index contributed by atoms with van der Waals surface area (Å²) >= 11 is 0.900. The lowest BCUT2D eigenvalue weighted by atomic mass is 10.3. The van der Waals surface area contributed by atoms with Gasteiger partial charge in [0.2, 0.25) is 10.0 Å². The summed E-state index contributed by atoms with van der Waals surface area (Å²) < 4.78 is 36.9. The smallest absolute Gasteiger partial charge is 0.345 e. The van der Waals surface area contributed by atoms with Crippen molar-refractivity contribution in [3.8, 4) is 0 Å². The number of aromatic carboxylic acids is 1. The molecule has 1 aromatic heterocycles. The Morgan fingerprint density at radius 2 is 2.38 bits per heavy atom. The molecule has 0 bridgehead atoms. The van der Waals surface area contributed by atoms with Crippen molar-refractivity contribution in [2.24, 2.45) is 0 Å². The van der Waals surface area contributed by atoms with Crippen LogP contribution in [0.2, 0.25) is 0 Å². The van der Waals surface area contributed by atoms with Crippen molar-refractivity contribution in [1.82, 2.24) is 4.31 Å². The normalized spacial score (nSPS) is 19.2. The summed E-state index contributed by atoms with van der Waals surface area (Å²) in [4.78, 5) is 10.9. The fourth-order valence-corrected chi connectivity index (χ4v) is 4.85. The van der Waals surface area contributed by atoms with E-state index in [1.165, 1.54) is 22.9 Å². The van der Waals surface area contributed by atoms with Gasteiger partial charge in [-0.15, -0.1) is 11.3 Å². The van der Waals surface area contributed by atoms with E-state index in [2.05, 4.69) is 0 Å². The molecule has 21 heavy (non-hydrogen) atoms. The molecule has 1 aromatic rings. The molecule has 0 radical (unpaired) electrons. The van der Waals surface area contributed by atoms with Gasteiger partial charge in [0, 0.05) is 25.6 Å². The van der Waals surface area contributed by atoms with Gasteiger partial charge < -0.3 is 14.6 Å². The molecule has 1 aliphatic rings. The lowest BCUT2D eigenvalue weighted by Gasteiger charge is -2.26. The first kappa shape index (κ1) is 16.4. The Bertz CT molecular complexity index is 591. The molecule has 0 spiro atoms. The number of methoxy groups -OCH3 is 1. The predicted molar refractivity (Wildman–Crippen MR) is 76.3 cm³/mol. The second kappa shape index (κ2) is 6.84. The molecule has 2 rings (SSSR count). The monoisotopic (exact) mass is 335 g/mol. The maximum atomic E-state index is 12.7. The van der Waals surface area contributed by atoms with E-state index in [9.17, 15) is 13.2 Å². The van der Waals surface area contributed by atoms with Crippen molar-refractivity contribution in [2.75, 3.05) is 33.5 Å². The highest BCUT2D eigenvalue weighted by Crippen LogP contribution is 2.26. The van der Waals surface area contributed by atoms with Gasteiger partial charge in [-0.25, -0.2) is 13.2 Å². The number of rotatable bonds is 7. The number of carbonyl (C=O) groups is 1. The van der Waals surface area contributed by atoms with Gasteiger partial charge in [-0.2, -0.15) is 4.31 Å². The van der Waals surface area contributed by atoms with Gasteiger partial charge in [0.15, 0.2) is 0 Å². The van der Waals surface area contributed by atoms with E-state index in [4.69, 9.17) is 14.6 Å². The van der Waals surface area contributed by atoms with Gasteiger partial charge in [0.05, 0.1) is 24.2 Å². The summed E-state index contributed by atoms with van der Waals surface area (Å²) in [5.74, 6) is -1.13. The van der Waals surface area contributed by atoms with E-state index in [0.29, 0.717) is 19.6 Å². The number of ether oxygens (including phenoxy) is 2. The average Bonchev–Trinajstić information content (AvgIpc) is 3.10. The van der Waals surface area contributed by atoms with Crippen molar-refractivity contribution >= 4 is 27.3 Å². The Morgan fingerprint density at radius 3 is 2.90 bits per heavy atom. The lowest BCUT2D eigenvalue weighted by molar-refractivity contribution is 0.0702. The van der Waals surface area contributed by atoms with E-state index < -0.39 is 16.0 Å². The van der Waals surface area contributed by atoms with Crippen LogP contribution in [0.5, 0.6) is 0 Å². The average molecular weight is 335 g/mol. The van der Waals surface area contributed by atoms with Crippen LogP contribution >= 0.6 is 11.3 Å². The molecule has 1 unspecified atom stereocenters. The molecule has 1 fully saturated rings. The van der Waals surface area contributed by atoms with Gasteiger partial charge in [-0.05, 0) is 12.5 Å². The summed E-state index contributed by atoms with van der Waals surface area (Å²) in [6, 6.07) is 0.955. The highest BCUT2D eigenvalue weighted by molar-refractivity contribution is 7.89. The Balaban J connectivity index is 2.28. The van der Waals surface area contributed by atoms with E-state index in [0.717, 1.165) is 11.3 Å². The Labute approximate surface area is 127 Å². The fourth-order valence-electron chi connectivity index (χ4n) is 2.13. The van der Waals surface area contributed by atoms with Gasteiger partial charge in [0.25, 0.3) is 0 Å². The van der Waals surface area contributed by atoms with Crippen molar-refractivity contribution < 1.29 is 27.8 Å². The third kappa shape index (κ3) is 3.61. The number of carboxylic acid groups (broad SMARTS) is 1. The van der Waals surface area contributed by atoms with Crippen molar-refractivity contribution in [2.45, 2.75) is 17.4 Å². The van der Waals surface area contributed by atoms with Crippen LogP contribution in [0.3, 0.4) is 0 Å². The van der Waals surface area contributed by atoms with E-state index >= 15 is 0 Å². The number of hydrogen-bond acceptors (Lipinski definition) is 6.